The van der Waals surface area contributed by atoms with Crippen LogP contribution < -0.4 is 15.4 Å². The van der Waals surface area contributed by atoms with Gasteiger partial charge in [-0.3, -0.25) is 4.79 Å². The minimum Gasteiger partial charge on any atom is -0.439 e. The molecule has 0 saturated carbocycles. The summed E-state index contributed by atoms with van der Waals surface area (Å²) in [5.74, 6) is 1.47. The molecule has 0 spiro atoms. The van der Waals surface area contributed by atoms with Gasteiger partial charge in [0.25, 0.3) is 0 Å². The Kier molecular flexibility index (Phi) is 6.17. The molecule has 2 aromatic rings. The highest BCUT2D eigenvalue weighted by Crippen LogP contribution is 2.24. The summed E-state index contributed by atoms with van der Waals surface area (Å²) in [6.45, 7) is 4.20. The lowest BCUT2D eigenvalue weighted by Crippen LogP contribution is -2.34. The van der Waals surface area contributed by atoms with E-state index in [1.165, 1.54) is 37.1 Å². The average Bonchev–Trinajstić information content (AvgIpc) is 2.66. The fraction of sp³-hybridized carbons (Fsp3) is 0.400. The molecule has 138 valence electrons. The van der Waals surface area contributed by atoms with Gasteiger partial charge in [0.15, 0.2) is 0 Å². The van der Waals surface area contributed by atoms with Crippen LogP contribution in [0.2, 0.25) is 0 Å². The van der Waals surface area contributed by atoms with Gasteiger partial charge in [0, 0.05) is 12.5 Å². The van der Waals surface area contributed by atoms with Crippen LogP contribution >= 0.6 is 0 Å². The van der Waals surface area contributed by atoms with Gasteiger partial charge < -0.3 is 15.4 Å². The van der Waals surface area contributed by atoms with Crippen molar-refractivity contribution >= 4 is 11.6 Å². The molecule has 2 N–H and O–H groups in total. The Bertz CT molecular complexity index is 713. The maximum absolute atomic E-state index is 12.9. The van der Waals surface area contributed by atoms with Crippen LogP contribution in [-0.4, -0.2) is 24.0 Å². The monoisotopic (exact) mass is 357 g/mol. The number of nitrogens with zero attached hydrogens (tertiary/aromatic N) is 1. The first kappa shape index (κ1) is 18.3. The molecule has 3 rings (SSSR count). The second-order valence-corrected chi connectivity index (χ2v) is 6.78. The van der Waals surface area contributed by atoms with Crippen LogP contribution in [0.3, 0.4) is 0 Å². The van der Waals surface area contributed by atoms with Crippen molar-refractivity contribution < 1.29 is 13.9 Å². The number of amides is 1. The summed E-state index contributed by atoms with van der Waals surface area (Å²) >= 11 is 0. The quantitative estimate of drug-likeness (QED) is 0.821. The second-order valence-electron chi connectivity index (χ2n) is 6.78. The van der Waals surface area contributed by atoms with Crippen molar-refractivity contribution in [3.05, 3.63) is 48.4 Å². The first-order valence-electron chi connectivity index (χ1n) is 9.00. The molecule has 2 heterocycles. The second kappa shape index (κ2) is 8.76. The number of anilines is 1. The van der Waals surface area contributed by atoms with Crippen molar-refractivity contribution in [2.45, 2.75) is 26.2 Å². The predicted molar refractivity (Wildman–Crippen MR) is 98.7 cm³/mol. The number of nitrogens with one attached hydrogen (secondary N) is 2. The van der Waals surface area contributed by atoms with Crippen LogP contribution in [0, 0.1) is 17.7 Å². The third-order valence-corrected chi connectivity index (χ3v) is 4.70. The van der Waals surface area contributed by atoms with Crippen molar-refractivity contribution in [2.75, 3.05) is 18.4 Å². The largest absolute Gasteiger partial charge is 0.439 e. The van der Waals surface area contributed by atoms with Crippen LogP contribution in [0.1, 0.15) is 26.2 Å². The lowest BCUT2D eigenvalue weighted by molar-refractivity contribution is -0.117. The Balaban J connectivity index is 1.50. The van der Waals surface area contributed by atoms with Gasteiger partial charge in [-0.05, 0) is 68.1 Å². The van der Waals surface area contributed by atoms with Gasteiger partial charge >= 0.3 is 0 Å². The molecule has 1 saturated heterocycles. The molecule has 0 radical (unpaired) electrons. The third kappa shape index (κ3) is 5.26. The summed E-state index contributed by atoms with van der Waals surface area (Å²) in [5, 5.41) is 6.27. The van der Waals surface area contributed by atoms with Crippen LogP contribution in [0.5, 0.6) is 11.6 Å². The van der Waals surface area contributed by atoms with E-state index in [1.54, 1.807) is 18.3 Å². The molecule has 1 aromatic carbocycles. The Morgan fingerprint density at radius 3 is 2.81 bits per heavy atom. The van der Waals surface area contributed by atoms with Gasteiger partial charge in [0.2, 0.25) is 11.8 Å². The molecule has 26 heavy (non-hydrogen) atoms. The molecule has 1 fully saturated rings. The van der Waals surface area contributed by atoms with E-state index in [0.717, 1.165) is 13.1 Å². The highest BCUT2D eigenvalue weighted by Gasteiger charge is 2.22. The van der Waals surface area contributed by atoms with E-state index in [2.05, 4.69) is 22.5 Å². The molecule has 0 aliphatic carbocycles. The summed E-state index contributed by atoms with van der Waals surface area (Å²) in [6.07, 6.45) is 4.41. The number of hydrogen-bond acceptors (Lipinski definition) is 4. The van der Waals surface area contributed by atoms with E-state index in [9.17, 15) is 9.18 Å². The molecule has 2 unspecified atom stereocenters. The van der Waals surface area contributed by atoms with Crippen molar-refractivity contribution in [2.24, 2.45) is 11.8 Å². The molecule has 1 aliphatic rings. The first-order valence-corrected chi connectivity index (χ1v) is 9.00. The van der Waals surface area contributed by atoms with Gasteiger partial charge in [-0.25, -0.2) is 9.37 Å². The minimum atomic E-state index is -0.318. The summed E-state index contributed by atoms with van der Waals surface area (Å²) in [7, 11) is 0. The zero-order chi connectivity index (χ0) is 18.4. The number of aromatic nitrogens is 1. The van der Waals surface area contributed by atoms with E-state index >= 15 is 0 Å². The summed E-state index contributed by atoms with van der Waals surface area (Å²) in [5.41, 5.74) is 0.635. The average molecular weight is 357 g/mol. The molecule has 2 atom stereocenters. The molecule has 1 aliphatic heterocycles. The smallest absolute Gasteiger partial charge is 0.224 e. The molecule has 1 aromatic heterocycles. The van der Waals surface area contributed by atoms with Crippen molar-refractivity contribution in [1.82, 2.24) is 10.3 Å². The van der Waals surface area contributed by atoms with Crippen LogP contribution in [0.15, 0.2) is 42.6 Å². The first-order chi connectivity index (χ1) is 12.6. The fourth-order valence-corrected chi connectivity index (χ4v) is 3.17. The van der Waals surface area contributed by atoms with E-state index in [-0.39, 0.29) is 11.7 Å². The summed E-state index contributed by atoms with van der Waals surface area (Å²) in [6, 6.07) is 9.15. The number of carbonyl (C=O) groups excluding carboxylic acids is 1. The zero-order valence-electron chi connectivity index (χ0n) is 14.9. The number of rotatable bonds is 6. The normalized spacial score (nSPS) is 18.2. The zero-order valence-corrected chi connectivity index (χ0v) is 14.9. The fourth-order valence-electron chi connectivity index (χ4n) is 3.17. The van der Waals surface area contributed by atoms with Crippen LogP contribution in [-0.2, 0) is 4.79 Å². The van der Waals surface area contributed by atoms with Gasteiger partial charge in [-0.1, -0.05) is 6.92 Å². The summed E-state index contributed by atoms with van der Waals surface area (Å²) < 4.78 is 18.4. The number of halogens is 1. The van der Waals surface area contributed by atoms with Gasteiger partial charge in [0.1, 0.15) is 11.6 Å². The Morgan fingerprint density at radius 2 is 2.15 bits per heavy atom. The highest BCUT2D eigenvalue weighted by atomic mass is 19.1. The molecular formula is C20H24FN3O2. The summed E-state index contributed by atoms with van der Waals surface area (Å²) in [4.78, 5) is 16.4. The van der Waals surface area contributed by atoms with E-state index < -0.39 is 0 Å². The Labute approximate surface area is 153 Å². The number of ether oxygens (including phenoxy) is 1. The molecule has 6 heteroatoms. The van der Waals surface area contributed by atoms with E-state index in [1.807, 2.05) is 0 Å². The molecule has 1 amide bonds. The van der Waals surface area contributed by atoms with E-state index in [0.29, 0.717) is 35.6 Å². The van der Waals surface area contributed by atoms with Gasteiger partial charge in [-0.15, -0.1) is 0 Å². The van der Waals surface area contributed by atoms with E-state index in [4.69, 9.17) is 4.74 Å². The Hall–Kier alpha value is -2.47. The predicted octanol–water partition coefficient (Wildman–Crippen LogP) is 3.98. The molecular weight excluding hydrogens is 333 g/mol. The molecule has 5 nitrogen and oxygen atoms in total. The number of benzene rings is 1. The van der Waals surface area contributed by atoms with Gasteiger partial charge in [0.05, 0.1) is 11.9 Å². The number of carbonyl (C=O) groups is 1. The molecule has 0 bridgehead atoms. The Morgan fingerprint density at radius 1 is 1.35 bits per heavy atom. The third-order valence-electron chi connectivity index (χ3n) is 4.70. The topological polar surface area (TPSA) is 63.2 Å². The van der Waals surface area contributed by atoms with Crippen molar-refractivity contribution in [3.8, 4) is 11.6 Å². The lowest BCUT2D eigenvalue weighted by atomic mass is 9.85. The maximum Gasteiger partial charge on any atom is 0.224 e. The number of piperidine rings is 1. The number of pyridine rings is 1. The maximum atomic E-state index is 12.9. The van der Waals surface area contributed by atoms with Crippen LogP contribution in [0.4, 0.5) is 10.1 Å². The van der Waals surface area contributed by atoms with Crippen LogP contribution in [0.25, 0.3) is 0 Å². The van der Waals surface area contributed by atoms with Gasteiger partial charge in [-0.2, -0.15) is 0 Å². The lowest BCUT2D eigenvalue weighted by Gasteiger charge is -2.28. The minimum absolute atomic E-state index is 0.00271. The van der Waals surface area contributed by atoms with Crippen molar-refractivity contribution in [3.63, 3.8) is 0 Å². The SMILES string of the molecule is CC(CC(=O)Nc1ccc(Oc2ccc(F)cc2)nc1)C1CCCNC1. The number of hydrogen-bond donors (Lipinski definition) is 2. The standard InChI is InChI=1S/C20H24FN3O2/c1-14(15-3-2-10-22-12-15)11-19(25)24-17-6-9-20(23-13-17)26-18-7-4-16(21)5-8-18/h4-9,13-15,22H,2-3,10-12H2,1H3,(H,24,25). The van der Waals surface area contributed by atoms with Crippen molar-refractivity contribution in [1.29, 1.82) is 0 Å². The highest BCUT2D eigenvalue weighted by molar-refractivity contribution is 5.90.